The van der Waals surface area contributed by atoms with Gasteiger partial charge in [0.2, 0.25) is 15.9 Å². The van der Waals surface area contributed by atoms with Crippen LogP contribution in [0.25, 0.3) is 0 Å². The third-order valence-electron chi connectivity index (χ3n) is 5.95. The number of hydrogen-bond acceptors (Lipinski definition) is 4. The van der Waals surface area contributed by atoms with Crippen LogP contribution in [0.15, 0.2) is 30.3 Å². The highest BCUT2D eigenvalue weighted by Gasteiger charge is 2.46. The van der Waals surface area contributed by atoms with E-state index in [4.69, 9.17) is 0 Å². The lowest BCUT2D eigenvalue weighted by molar-refractivity contribution is -0.133. The highest BCUT2D eigenvalue weighted by Crippen LogP contribution is 2.43. The van der Waals surface area contributed by atoms with Gasteiger partial charge in [-0.25, -0.2) is 13.1 Å². The second-order valence-electron chi connectivity index (χ2n) is 7.71. The minimum absolute atomic E-state index is 0.0382. The lowest BCUT2D eigenvalue weighted by Crippen LogP contribution is -2.52. The Morgan fingerprint density at radius 3 is 2.50 bits per heavy atom. The largest absolute Gasteiger partial charge is 0.343 e. The molecule has 6 nitrogen and oxygen atoms in total. The molecule has 3 rings (SSSR count). The second-order valence-corrected chi connectivity index (χ2v) is 9.55. The fourth-order valence-electron chi connectivity index (χ4n) is 4.41. The van der Waals surface area contributed by atoms with Crippen molar-refractivity contribution in [3.63, 3.8) is 0 Å². The van der Waals surface area contributed by atoms with E-state index in [1.807, 2.05) is 4.90 Å². The molecule has 7 heteroatoms. The van der Waals surface area contributed by atoms with Gasteiger partial charge in [0.05, 0.1) is 6.26 Å². The summed E-state index contributed by atoms with van der Waals surface area (Å²) in [4.78, 5) is 16.7. The first kappa shape index (κ1) is 19.3. The standard InChI is InChI=1S/C19H29N3O3S/c1-21-15-17(16-6-4-3-5-7-16)14-19(21)9-12-22(13-10-19)18(23)8-11-20-26(2,24)25/h3-7,17,20H,8-15H2,1-2H3/t17-/m0/s1. The molecule has 0 aliphatic carbocycles. The maximum absolute atomic E-state index is 12.3. The molecule has 0 aromatic heterocycles. The molecule has 2 heterocycles. The average molecular weight is 380 g/mol. The van der Waals surface area contributed by atoms with Crippen LogP contribution in [0.2, 0.25) is 0 Å². The quantitative estimate of drug-likeness (QED) is 0.840. The zero-order chi connectivity index (χ0) is 18.8. The number of likely N-dealkylation sites (N-methyl/N-ethyl adjacent to an activating group) is 1. The lowest BCUT2D eigenvalue weighted by atomic mass is 9.81. The van der Waals surface area contributed by atoms with Crippen LogP contribution in [0.3, 0.4) is 0 Å². The Labute approximate surface area is 156 Å². The summed E-state index contributed by atoms with van der Waals surface area (Å²) in [6.45, 7) is 2.75. The van der Waals surface area contributed by atoms with Crippen molar-refractivity contribution in [1.29, 1.82) is 0 Å². The van der Waals surface area contributed by atoms with Gasteiger partial charge >= 0.3 is 0 Å². The predicted molar refractivity (Wildman–Crippen MR) is 102 cm³/mol. The Hall–Kier alpha value is -1.44. The zero-order valence-electron chi connectivity index (χ0n) is 15.6. The van der Waals surface area contributed by atoms with Crippen molar-refractivity contribution in [2.45, 2.75) is 37.1 Å². The number of carbonyl (C=O) groups is 1. The molecule has 1 aromatic rings. The molecule has 2 aliphatic heterocycles. The fourth-order valence-corrected chi connectivity index (χ4v) is 4.88. The average Bonchev–Trinajstić information content (AvgIpc) is 2.91. The lowest BCUT2D eigenvalue weighted by Gasteiger charge is -2.43. The van der Waals surface area contributed by atoms with Crippen LogP contribution in [0.4, 0.5) is 0 Å². The molecule has 2 saturated heterocycles. The van der Waals surface area contributed by atoms with Crippen LogP contribution in [0, 0.1) is 0 Å². The molecule has 144 valence electrons. The van der Waals surface area contributed by atoms with Crippen molar-refractivity contribution in [2.24, 2.45) is 0 Å². The minimum atomic E-state index is -3.24. The van der Waals surface area contributed by atoms with Crippen LogP contribution < -0.4 is 4.72 Å². The van der Waals surface area contributed by atoms with Crippen LogP contribution in [-0.2, 0) is 14.8 Å². The Morgan fingerprint density at radius 1 is 1.23 bits per heavy atom. The summed E-state index contributed by atoms with van der Waals surface area (Å²) in [7, 11) is -1.03. The van der Waals surface area contributed by atoms with Crippen molar-refractivity contribution in [1.82, 2.24) is 14.5 Å². The molecule has 1 aromatic carbocycles. The van der Waals surface area contributed by atoms with Gasteiger partial charge in [0, 0.05) is 38.1 Å². The molecule has 0 unspecified atom stereocenters. The van der Waals surface area contributed by atoms with E-state index in [-0.39, 0.29) is 24.4 Å². The van der Waals surface area contributed by atoms with Crippen molar-refractivity contribution in [3.8, 4) is 0 Å². The number of sulfonamides is 1. The highest BCUT2D eigenvalue weighted by atomic mass is 32.2. The summed E-state index contributed by atoms with van der Waals surface area (Å²) >= 11 is 0. The van der Waals surface area contributed by atoms with Crippen molar-refractivity contribution >= 4 is 15.9 Å². The second kappa shape index (κ2) is 7.66. The Bertz CT molecular complexity index is 728. The number of rotatable bonds is 5. The van der Waals surface area contributed by atoms with Gasteiger partial charge in [-0.1, -0.05) is 30.3 Å². The predicted octanol–water partition coefficient (Wildman–Crippen LogP) is 1.41. The first-order chi connectivity index (χ1) is 12.3. The maximum Gasteiger partial charge on any atom is 0.223 e. The number of likely N-dealkylation sites (tertiary alicyclic amines) is 2. The third-order valence-corrected chi connectivity index (χ3v) is 6.68. The highest BCUT2D eigenvalue weighted by molar-refractivity contribution is 7.88. The first-order valence-corrected chi connectivity index (χ1v) is 11.2. The Balaban J connectivity index is 1.53. The first-order valence-electron chi connectivity index (χ1n) is 9.28. The van der Waals surface area contributed by atoms with Gasteiger partial charge in [0.15, 0.2) is 0 Å². The van der Waals surface area contributed by atoms with Gasteiger partial charge in [-0.3, -0.25) is 9.69 Å². The molecule has 1 spiro atoms. The van der Waals surface area contributed by atoms with E-state index in [0.717, 1.165) is 45.2 Å². The minimum Gasteiger partial charge on any atom is -0.343 e. The number of nitrogens with one attached hydrogen (secondary N) is 1. The van der Waals surface area contributed by atoms with E-state index in [1.54, 1.807) is 0 Å². The number of piperidine rings is 1. The van der Waals surface area contributed by atoms with Gasteiger partial charge in [-0.05, 0) is 37.8 Å². The Kier molecular flexibility index (Phi) is 5.69. The number of hydrogen-bond donors (Lipinski definition) is 1. The van der Waals surface area contributed by atoms with Gasteiger partial charge in [0.25, 0.3) is 0 Å². The van der Waals surface area contributed by atoms with Gasteiger partial charge in [0.1, 0.15) is 0 Å². The van der Waals surface area contributed by atoms with Gasteiger partial charge in [-0.2, -0.15) is 0 Å². The summed E-state index contributed by atoms with van der Waals surface area (Å²) in [6, 6.07) is 10.7. The molecule has 0 radical (unpaired) electrons. The zero-order valence-corrected chi connectivity index (χ0v) is 16.5. The van der Waals surface area contributed by atoms with Crippen LogP contribution in [-0.4, -0.2) is 69.1 Å². The monoisotopic (exact) mass is 379 g/mol. The SMILES string of the molecule is CN1C[C@@H](c2ccccc2)CC12CCN(C(=O)CCNS(C)(=O)=O)CC2. The van der Waals surface area contributed by atoms with Crippen molar-refractivity contribution in [2.75, 3.05) is 39.5 Å². The maximum atomic E-state index is 12.3. The third kappa shape index (κ3) is 4.45. The summed E-state index contributed by atoms with van der Waals surface area (Å²) in [6.07, 6.45) is 4.45. The van der Waals surface area contributed by atoms with E-state index >= 15 is 0 Å². The molecular weight excluding hydrogens is 350 g/mol. The van der Waals surface area contributed by atoms with E-state index in [2.05, 4.69) is 47.0 Å². The molecule has 26 heavy (non-hydrogen) atoms. The molecule has 2 fully saturated rings. The molecule has 1 atom stereocenters. The number of amides is 1. The summed E-state index contributed by atoms with van der Waals surface area (Å²) in [5, 5.41) is 0. The molecule has 0 bridgehead atoms. The van der Waals surface area contributed by atoms with E-state index < -0.39 is 10.0 Å². The van der Waals surface area contributed by atoms with Crippen LogP contribution in [0.1, 0.15) is 37.2 Å². The molecule has 1 N–H and O–H groups in total. The molecular formula is C19H29N3O3S. The van der Waals surface area contributed by atoms with Crippen LogP contribution >= 0.6 is 0 Å². The van der Waals surface area contributed by atoms with Crippen molar-refractivity contribution < 1.29 is 13.2 Å². The van der Waals surface area contributed by atoms with Crippen LogP contribution in [0.5, 0.6) is 0 Å². The van der Waals surface area contributed by atoms with E-state index in [1.165, 1.54) is 5.56 Å². The molecule has 2 aliphatic rings. The van der Waals surface area contributed by atoms with E-state index in [0.29, 0.717) is 5.92 Å². The molecule has 1 amide bonds. The smallest absolute Gasteiger partial charge is 0.223 e. The fraction of sp³-hybridized carbons (Fsp3) is 0.632. The number of benzene rings is 1. The molecule has 0 saturated carbocycles. The van der Waals surface area contributed by atoms with Gasteiger partial charge < -0.3 is 4.90 Å². The Morgan fingerprint density at radius 2 is 1.88 bits per heavy atom. The number of carbonyl (C=O) groups excluding carboxylic acids is 1. The topological polar surface area (TPSA) is 69.7 Å². The summed E-state index contributed by atoms with van der Waals surface area (Å²) < 4.78 is 24.6. The van der Waals surface area contributed by atoms with E-state index in [9.17, 15) is 13.2 Å². The summed E-state index contributed by atoms with van der Waals surface area (Å²) in [5.41, 5.74) is 1.59. The number of nitrogens with zero attached hydrogens (tertiary/aromatic N) is 2. The van der Waals surface area contributed by atoms with Crippen molar-refractivity contribution in [3.05, 3.63) is 35.9 Å². The normalized spacial score (nSPS) is 23.5. The summed E-state index contributed by atoms with van der Waals surface area (Å²) in [5.74, 6) is 0.596. The van der Waals surface area contributed by atoms with Gasteiger partial charge in [-0.15, -0.1) is 0 Å².